The van der Waals surface area contributed by atoms with E-state index in [4.69, 9.17) is 5.11 Å². The van der Waals surface area contributed by atoms with Gasteiger partial charge in [0.2, 0.25) is 0 Å². The minimum Gasteiger partial charge on any atom is -0.477 e. The third kappa shape index (κ3) is 2.63. The number of aromatic carboxylic acids is 1. The average Bonchev–Trinajstić information content (AvgIpc) is 2.30. The lowest BCUT2D eigenvalue weighted by atomic mass is 10.3. The maximum Gasteiger partial charge on any atom is 0.354 e. The maximum atomic E-state index is 10.7. The Hall–Kier alpha value is -0.750. The highest BCUT2D eigenvalue weighted by molar-refractivity contribution is 8.06. The number of hydrogen-bond acceptors (Lipinski definition) is 5. The largest absolute Gasteiger partial charge is 0.477 e. The third-order valence-electron chi connectivity index (χ3n) is 2.00. The first kappa shape index (κ1) is 10.8. The monoisotopic (exact) mass is 242 g/mol. The highest BCUT2D eigenvalue weighted by Crippen LogP contribution is 2.34. The maximum absolute atomic E-state index is 10.7. The lowest BCUT2D eigenvalue weighted by Crippen LogP contribution is -2.12. The summed E-state index contributed by atoms with van der Waals surface area (Å²) in [6.45, 7) is 0. The molecule has 2 rings (SSSR count). The quantitative estimate of drug-likeness (QED) is 0.851. The van der Waals surface area contributed by atoms with Crippen LogP contribution in [0.2, 0.25) is 0 Å². The molecular weight excluding hydrogens is 232 g/mol. The molecule has 2 heterocycles. The molecule has 15 heavy (non-hydrogen) atoms. The minimum absolute atomic E-state index is 0.0798. The summed E-state index contributed by atoms with van der Waals surface area (Å²) < 4.78 is 0. The fourth-order valence-corrected chi connectivity index (χ4v) is 3.89. The van der Waals surface area contributed by atoms with E-state index < -0.39 is 5.97 Å². The van der Waals surface area contributed by atoms with Crippen molar-refractivity contribution in [3.63, 3.8) is 0 Å². The molecule has 0 aromatic carbocycles. The summed E-state index contributed by atoms with van der Waals surface area (Å²) >= 11 is 3.66. The van der Waals surface area contributed by atoms with Gasteiger partial charge in [-0.15, -0.1) is 11.8 Å². The molecule has 0 radical (unpaired) electrons. The Bertz CT molecular complexity index is 367. The number of carboxylic acid groups (broad SMARTS) is 1. The predicted molar refractivity (Wildman–Crippen MR) is 61.5 cm³/mol. The van der Waals surface area contributed by atoms with E-state index in [1.807, 2.05) is 11.8 Å². The Balaban J connectivity index is 2.19. The zero-order chi connectivity index (χ0) is 10.7. The lowest BCUT2D eigenvalue weighted by molar-refractivity contribution is 0.0690. The van der Waals surface area contributed by atoms with Gasteiger partial charge in [0.15, 0.2) is 5.69 Å². The summed E-state index contributed by atoms with van der Waals surface area (Å²) in [6, 6.07) is 1.42. The van der Waals surface area contributed by atoms with E-state index in [1.165, 1.54) is 12.3 Å². The summed E-state index contributed by atoms with van der Waals surface area (Å²) in [7, 11) is 0. The van der Waals surface area contributed by atoms with Crippen LogP contribution < -0.4 is 0 Å². The number of rotatable bonds is 2. The number of hydrogen-bond donors (Lipinski definition) is 1. The molecule has 1 aromatic heterocycles. The molecule has 0 aliphatic carbocycles. The van der Waals surface area contributed by atoms with Crippen molar-refractivity contribution in [3.05, 3.63) is 23.8 Å². The molecule has 1 N–H and O–H groups in total. The molecule has 0 spiro atoms. The van der Waals surface area contributed by atoms with Gasteiger partial charge in [-0.2, -0.15) is 11.8 Å². The highest BCUT2D eigenvalue weighted by Gasteiger charge is 2.20. The van der Waals surface area contributed by atoms with Crippen LogP contribution in [0.25, 0.3) is 0 Å². The van der Waals surface area contributed by atoms with Gasteiger partial charge in [-0.3, -0.25) is 0 Å². The van der Waals surface area contributed by atoms with Crippen LogP contribution in [0.4, 0.5) is 0 Å². The summed E-state index contributed by atoms with van der Waals surface area (Å²) in [5, 5.41) is 9.04. The van der Waals surface area contributed by atoms with Gasteiger partial charge in [0.1, 0.15) is 5.82 Å². The average molecular weight is 242 g/mol. The Kier molecular flexibility index (Phi) is 3.48. The van der Waals surface area contributed by atoms with Crippen LogP contribution in [0.3, 0.4) is 0 Å². The van der Waals surface area contributed by atoms with E-state index in [1.54, 1.807) is 11.8 Å². The molecule has 1 unspecified atom stereocenters. The summed E-state index contributed by atoms with van der Waals surface area (Å²) in [4.78, 5) is 18.9. The Morgan fingerprint density at radius 3 is 3.07 bits per heavy atom. The van der Waals surface area contributed by atoms with E-state index in [-0.39, 0.29) is 10.9 Å². The number of carbonyl (C=O) groups is 1. The first-order valence-electron chi connectivity index (χ1n) is 4.53. The Morgan fingerprint density at radius 2 is 2.40 bits per heavy atom. The number of carboxylic acids is 1. The van der Waals surface area contributed by atoms with E-state index in [2.05, 4.69) is 9.97 Å². The first-order valence-corrected chi connectivity index (χ1v) is 6.73. The van der Waals surface area contributed by atoms with Crippen molar-refractivity contribution in [2.24, 2.45) is 0 Å². The molecule has 1 atom stereocenters. The molecule has 1 aliphatic heterocycles. The Labute approximate surface area is 95.9 Å². The van der Waals surface area contributed by atoms with Gasteiger partial charge in [0, 0.05) is 23.5 Å². The second-order valence-corrected chi connectivity index (χ2v) is 5.50. The van der Waals surface area contributed by atoms with Crippen LogP contribution in [0, 0.1) is 0 Å². The van der Waals surface area contributed by atoms with E-state index in [0.29, 0.717) is 5.82 Å². The van der Waals surface area contributed by atoms with Crippen molar-refractivity contribution >= 4 is 29.5 Å². The van der Waals surface area contributed by atoms with Crippen molar-refractivity contribution in [1.29, 1.82) is 0 Å². The highest BCUT2D eigenvalue weighted by atomic mass is 32.2. The van der Waals surface area contributed by atoms with E-state index >= 15 is 0 Å². The lowest BCUT2D eigenvalue weighted by Gasteiger charge is -2.19. The fourth-order valence-electron chi connectivity index (χ4n) is 1.28. The van der Waals surface area contributed by atoms with Crippen LogP contribution in [0.1, 0.15) is 21.6 Å². The standard InChI is InChI=1S/C9H10N2O2S2/c12-9(13)6-1-2-10-8(11-6)7-5-14-3-4-15-7/h1-2,7H,3-5H2,(H,12,13). The van der Waals surface area contributed by atoms with Crippen molar-refractivity contribution in [3.8, 4) is 0 Å². The molecule has 1 aromatic rings. The van der Waals surface area contributed by atoms with Crippen molar-refractivity contribution in [1.82, 2.24) is 9.97 Å². The van der Waals surface area contributed by atoms with Crippen LogP contribution >= 0.6 is 23.5 Å². The molecule has 80 valence electrons. The zero-order valence-corrected chi connectivity index (χ0v) is 9.55. The Morgan fingerprint density at radius 1 is 1.53 bits per heavy atom. The SMILES string of the molecule is O=C(O)c1ccnc(C2CSCCS2)n1. The molecular formula is C9H10N2O2S2. The molecule has 0 saturated carbocycles. The fraction of sp³-hybridized carbons (Fsp3) is 0.444. The van der Waals surface area contributed by atoms with E-state index in [9.17, 15) is 4.79 Å². The molecule has 1 fully saturated rings. The molecule has 0 bridgehead atoms. The van der Waals surface area contributed by atoms with Gasteiger partial charge in [-0.1, -0.05) is 0 Å². The molecule has 1 saturated heterocycles. The third-order valence-corrected chi connectivity index (χ3v) is 4.75. The van der Waals surface area contributed by atoms with Crippen molar-refractivity contribution in [2.75, 3.05) is 17.3 Å². The molecule has 6 heteroatoms. The van der Waals surface area contributed by atoms with Crippen LogP contribution in [0.15, 0.2) is 12.3 Å². The van der Waals surface area contributed by atoms with Crippen LogP contribution in [-0.2, 0) is 0 Å². The van der Waals surface area contributed by atoms with Crippen LogP contribution in [0.5, 0.6) is 0 Å². The predicted octanol–water partition coefficient (Wildman–Crippen LogP) is 1.70. The van der Waals surface area contributed by atoms with Gasteiger partial charge in [0.25, 0.3) is 0 Å². The number of aromatic nitrogens is 2. The van der Waals surface area contributed by atoms with Gasteiger partial charge in [-0.05, 0) is 6.07 Å². The second-order valence-electron chi connectivity index (χ2n) is 3.04. The molecule has 4 nitrogen and oxygen atoms in total. The molecule has 1 aliphatic rings. The first-order chi connectivity index (χ1) is 7.27. The number of thioether (sulfide) groups is 2. The van der Waals surface area contributed by atoms with Gasteiger partial charge in [0.05, 0.1) is 5.25 Å². The summed E-state index contributed by atoms with van der Waals surface area (Å²) in [6.07, 6.45) is 1.52. The van der Waals surface area contributed by atoms with Crippen LogP contribution in [-0.4, -0.2) is 38.3 Å². The zero-order valence-electron chi connectivity index (χ0n) is 7.92. The smallest absolute Gasteiger partial charge is 0.354 e. The number of nitrogens with zero attached hydrogens (tertiary/aromatic N) is 2. The van der Waals surface area contributed by atoms with E-state index in [0.717, 1.165) is 17.3 Å². The normalized spacial score (nSPS) is 21.2. The van der Waals surface area contributed by atoms with Gasteiger partial charge in [-0.25, -0.2) is 14.8 Å². The topological polar surface area (TPSA) is 63.1 Å². The van der Waals surface area contributed by atoms with Crippen molar-refractivity contribution < 1.29 is 9.90 Å². The second kappa shape index (κ2) is 4.85. The molecule has 0 amide bonds. The van der Waals surface area contributed by atoms with Gasteiger partial charge >= 0.3 is 5.97 Å². The van der Waals surface area contributed by atoms with Gasteiger partial charge < -0.3 is 5.11 Å². The summed E-state index contributed by atoms with van der Waals surface area (Å²) in [5.74, 6) is 2.85. The minimum atomic E-state index is -0.993. The van der Waals surface area contributed by atoms with Crippen molar-refractivity contribution in [2.45, 2.75) is 5.25 Å². The summed E-state index contributed by atoms with van der Waals surface area (Å²) in [5.41, 5.74) is 0.0798.